The SMILES string of the molecule is CCCCOC(Cc1ccc(O)c(OC)c1)c1ccc(O)c(OC)c1. The molecule has 1 unspecified atom stereocenters. The van der Waals surface area contributed by atoms with Crippen LogP contribution >= 0.6 is 0 Å². The predicted molar refractivity (Wildman–Crippen MR) is 96.6 cm³/mol. The molecule has 0 aliphatic heterocycles. The van der Waals surface area contributed by atoms with Crippen LogP contribution in [0.25, 0.3) is 0 Å². The Morgan fingerprint density at radius 1 is 0.920 bits per heavy atom. The molecule has 0 saturated carbocycles. The normalized spacial score (nSPS) is 12.0. The number of phenolic OH excluding ortho intramolecular Hbond substituents is 2. The van der Waals surface area contributed by atoms with Crippen LogP contribution < -0.4 is 9.47 Å². The van der Waals surface area contributed by atoms with Gasteiger partial charge >= 0.3 is 0 Å². The minimum absolute atomic E-state index is 0.102. The van der Waals surface area contributed by atoms with Gasteiger partial charge in [-0.1, -0.05) is 25.5 Å². The van der Waals surface area contributed by atoms with Gasteiger partial charge in [0, 0.05) is 13.0 Å². The van der Waals surface area contributed by atoms with E-state index >= 15 is 0 Å². The van der Waals surface area contributed by atoms with Crippen molar-refractivity contribution in [2.45, 2.75) is 32.3 Å². The monoisotopic (exact) mass is 346 g/mol. The third-order valence-corrected chi connectivity index (χ3v) is 4.06. The first kappa shape index (κ1) is 18.9. The summed E-state index contributed by atoms with van der Waals surface area (Å²) < 4.78 is 16.5. The maximum atomic E-state index is 9.81. The highest BCUT2D eigenvalue weighted by Gasteiger charge is 2.16. The van der Waals surface area contributed by atoms with E-state index in [1.54, 1.807) is 18.2 Å². The topological polar surface area (TPSA) is 68.2 Å². The summed E-state index contributed by atoms with van der Waals surface area (Å²) in [6.45, 7) is 2.77. The Bertz CT molecular complexity index is 684. The number of aromatic hydroxyl groups is 2. The van der Waals surface area contributed by atoms with Gasteiger partial charge in [-0.2, -0.15) is 0 Å². The lowest BCUT2D eigenvalue weighted by Crippen LogP contribution is -2.09. The Morgan fingerprint density at radius 3 is 2.20 bits per heavy atom. The molecule has 2 aromatic rings. The molecule has 0 radical (unpaired) electrons. The van der Waals surface area contributed by atoms with Crippen molar-refractivity contribution in [1.29, 1.82) is 0 Å². The molecule has 2 aromatic carbocycles. The fourth-order valence-electron chi connectivity index (χ4n) is 2.60. The van der Waals surface area contributed by atoms with Gasteiger partial charge in [-0.15, -0.1) is 0 Å². The first-order valence-corrected chi connectivity index (χ1v) is 8.43. The number of phenols is 2. The van der Waals surface area contributed by atoms with Crippen LogP contribution in [-0.4, -0.2) is 31.0 Å². The van der Waals surface area contributed by atoms with Gasteiger partial charge in [0.25, 0.3) is 0 Å². The van der Waals surface area contributed by atoms with Gasteiger partial charge in [0.2, 0.25) is 0 Å². The zero-order chi connectivity index (χ0) is 18.2. The molecule has 0 spiro atoms. The third-order valence-electron chi connectivity index (χ3n) is 4.06. The minimum atomic E-state index is -0.185. The zero-order valence-electron chi connectivity index (χ0n) is 15.0. The second-order valence-electron chi connectivity index (χ2n) is 5.85. The lowest BCUT2D eigenvalue weighted by molar-refractivity contribution is 0.0507. The Hall–Kier alpha value is -2.40. The van der Waals surface area contributed by atoms with Crippen LogP contribution in [0.3, 0.4) is 0 Å². The number of methoxy groups -OCH3 is 2. The summed E-state index contributed by atoms with van der Waals surface area (Å²) >= 11 is 0. The fraction of sp³-hybridized carbons (Fsp3) is 0.400. The molecule has 136 valence electrons. The molecular formula is C20H26O5. The predicted octanol–water partition coefficient (Wildman–Crippen LogP) is 4.22. The summed E-state index contributed by atoms with van der Waals surface area (Å²) in [5.41, 5.74) is 1.92. The number of benzene rings is 2. The van der Waals surface area contributed by atoms with Crippen LogP contribution in [0.15, 0.2) is 36.4 Å². The van der Waals surface area contributed by atoms with E-state index in [0.29, 0.717) is 24.5 Å². The van der Waals surface area contributed by atoms with E-state index in [2.05, 4.69) is 6.92 Å². The molecule has 2 N–H and O–H groups in total. The molecule has 0 aliphatic carbocycles. The maximum Gasteiger partial charge on any atom is 0.160 e. The number of unbranched alkanes of at least 4 members (excludes halogenated alkanes) is 1. The van der Waals surface area contributed by atoms with E-state index < -0.39 is 0 Å². The number of hydrogen-bond acceptors (Lipinski definition) is 5. The van der Waals surface area contributed by atoms with Gasteiger partial charge in [0.1, 0.15) is 0 Å². The summed E-state index contributed by atoms with van der Waals surface area (Å²) in [6.07, 6.45) is 2.47. The van der Waals surface area contributed by atoms with E-state index in [1.165, 1.54) is 14.2 Å². The highest BCUT2D eigenvalue weighted by atomic mass is 16.5. The van der Waals surface area contributed by atoms with Gasteiger partial charge in [0.15, 0.2) is 23.0 Å². The molecule has 1 atom stereocenters. The minimum Gasteiger partial charge on any atom is -0.504 e. The smallest absolute Gasteiger partial charge is 0.160 e. The second kappa shape index (κ2) is 9.18. The third kappa shape index (κ3) is 5.03. The van der Waals surface area contributed by atoms with Crippen LogP contribution in [0.2, 0.25) is 0 Å². The van der Waals surface area contributed by atoms with Gasteiger partial charge in [0.05, 0.1) is 20.3 Å². The average molecular weight is 346 g/mol. The highest BCUT2D eigenvalue weighted by molar-refractivity contribution is 5.44. The van der Waals surface area contributed by atoms with Crippen molar-refractivity contribution in [2.75, 3.05) is 20.8 Å². The molecule has 0 aliphatic rings. The second-order valence-corrected chi connectivity index (χ2v) is 5.85. The Kier molecular flexibility index (Phi) is 6.95. The Morgan fingerprint density at radius 2 is 1.56 bits per heavy atom. The van der Waals surface area contributed by atoms with Crippen LogP contribution in [0, 0.1) is 0 Å². The first-order chi connectivity index (χ1) is 12.1. The molecule has 5 nitrogen and oxygen atoms in total. The molecule has 0 fully saturated rings. The van der Waals surface area contributed by atoms with Gasteiger partial charge in [-0.05, 0) is 41.8 Å². The lowest BCUT2D eigenvalue weighted by atomic mass is 10.00. The van der Waals surface area contributed by atoms with E-state index in [0.717, 1.165) is 24.0 Å². The van der Waals surface area contributed by atoms with Crippen molar-refractivity contribution in [1.82, 2.24) is 0 Å². The van der Waals surface area contributed by atoms with E-state index in [1.807, 2.05) is 18.2 Å². The summed E-state index contributed by atoms with van der Waals surface area (Å²) in [4.78, 5) is 0. The Balaban J connectivity index is 2.26. The molecule has 0 amide bonds. The summed E-state index contributed by atoms with van der Waals surface area (Å²) in [7, 11) is 3.05. The number of rotatable bonds is 9. The van der Waals surface area contributed by atoms with Crippen molar-refractivity contribution < 1.29 is 24.4 Å². The quantitative estimate of drug-likeness (QED) is 0.666. The molecule has 5 heteroatoms. The maximum absolute atomic E-state index is 9.81. The molecule has 0 aromatic heterocycles. The van der Waals surface area contributed by atoms with E-state index in [9.17, 15) is 10.2 Å². The highest BCUT2D eigenvalue weighted by Crippen LogP contribution is 2.33. The van der Waals surface area contributed by atoms with Gasteiger partial charge in [-0.3, -0.25) is 0 Å². The summed E-state index contributed by atoms with van der Waals surface area (Å²) in [6, 6.07) is 10.5. The van der Waals surface area contributed by atoms with Crippen molar-refractivity contribution >= 4 is 0 Å². The van der Waals surface area contributed by atoms with Crippen LogP contribution in [0.4, 0.5) is 0 Å². The van der Waals surface area contributed by atoms with Crippen molar-refractivity contribution in [2.24, 2.45) is 0 Å². The molecular weight excluding hydrogens is 320 g/mol. The number of ether oxygens (including phenoxy) is 3. The van der Waals surface area contributed by atoms with E-state index in [-0.39, 0.29) is 17.6 Å². The van der Waals surface area contributed by atoms with Gasteiger partial charge in [-0.25, -0.2) is 0 Å². The van der Waals surface area contributed by atoms with Crippen LogP contribution in [-0.2, 0) is 11.2 Å². The molecule has 0 heterocycles. The molecule has 25 heavy (non-hydrogen) atoms. The largest absolute Gasteiger partial charge is 0.504 e. The first-order valence-electron chi connectivity index (χ1n) is 8.43. The van der Waals surface area contributed by atoms with Crippen molar-refractivity contribution in [3.8, 4) is 23.0 Å². The molecule has 0 bridgehead atoms. The number of hydrogen-bond donors (Lipinski definition) is 2. The zero-order valence-corrected chi connectivity index (χ0v) is 15.0. The summed E-state index contributed by atoms with van der Waals surface area (Å²) in [5, 5.41) is 19.6. The molecule has 2 rings (SSSR count). The van der Waals surface area contributed by atoms with Crippen molar-refractivity contribution in [3.63, 3.8) is 0 Å². The fourth-order valence-corrected chi connectivity index (χ4v) is 2.60. The van der Waals surface area contributed by atoms with Crippen LogP contribution in [0.5, 0.6) is 23.0 Å². The standard InChI is InChI=1S/C20H26O5/c1-4-5-10-25-18(15-7-9-17(22)20(13-15)24-3)11-14-6-8-16(21)19(12-14)23-2/h6-9,12-13,18,21-22H,4-5,10-11H2,1-3H3. The average Bonchev–Trinajstić information content (AvgIpc) is 2.63. The van der Waals surface area contributed by atoms with E-state index in [4.69, 9.17) is 14.2 Å². The Labute approximate surface area is 148 Å². The molecule has 0 saturated heterocycles. The van der Waals surface area contributed by atoms with Crippen LogP contribution in [0.1, 0.15) is 37.0 Å². The van der Waals surface area contributed by atoms with Crippen molar-refractivity contribution in [3.05, 3.63) is 47.5 Å². The lowest BCUT2D eigenvalue weighted by Gasteiger charge is -2.20. The van der Waals surface area contributed by atoms with Gasteiger partial charge < -0.3 is 24.4 Å². The summed E-state index contributed by atoms with van der Waals surface area (Å²) in [5.74, 6) is 1.07.